The van der Waals surface area contributed by atoms with Crippen molar-refractivity contribution in [2.24, 2.45) is 5.92 Å². The van der Waals surface area contributed by atoms with Gasteiger partial charge in [-0.3, -0.25) is 9.59 Å². The number of sulfone groups is 1. The maximum atomic E-state index is 12.8. The maximum absolute atomic E-state index is 12.8. The number of carbonyl (C=O) groups is 2. The lowest BCUT2D eigenvalue weighted by atomic mass is 10.1. The number of hydrogen-bond acceptors (Lipinski definition) is 4. The van der Waals surface area contributed by atoms with Gasteiger partial charge in [-0.25, -0.2) is 8.42 Å². The molecule has 1 atom stereocenters. The van der Waals surface area contributed by atoms with Crippen LogP contribution in [0.1, 0.15) is 46.1 Å². The van der Waals surface area contributed by atoms with Crippen LogP contribution in [0.5, 0.6) is 0 Å². The summed E-state index contributed by atoms with van der Waals surface area (Å²) < 4.78 is 25.6. The Morgan fingerprint density at radius 1 is 1.23 bits per heavy atom. The first-order chi connectivity index (χ1) is 12.1. The van der Waals surface area contributed by atoms with Gasteiger partial charge < -0.3 is 10.2 Å². The first-order valence-electron chi connectivity index (χ1n) is 9.04. The number of amides is 2. The Morgan fingerprint density at radius 3 is 2.54 bits per heavy atom. The second-order valence-electron chi connectivity index (χ2n) is 7.30. The Hall–Kier alpha value is -1.89. The molecule has 0 spiro atoms. The van der Waals surface area contributed by atoms with E-state index in [4.69, 9.17) is 0 Å². The molecule has 0 saturated heterocycles. The molecule has 0 saturated carbocycles. The minimum Gasteiger partial charge on any atom is -0.356 e. The highest BCUT2D eigenvalue weighted by Gasteiger charge is 2.29. The predicted octanol–water partition coefficient (Wildman–Crippen LogP) is 2.31. The Labute approximate surface area is 155 Å². The van der Waals surface area contributed by atoms with Crippen molar-refractivity contribution in [2.45, 2.75) is 57.1 Å². The van der Waals surface area contributed by atoms with Gasteiger partial charge >= 0.3 is 0 Å². The molecular formula is C19H28N2O4S. The molecule has 2 amide bonds. The summed E-state index contributed by atoms with van der Waals surface area (Å²) in [6.07, 6.45) is 1.45. The van der Waals surface area contributed by atoms with Crippen LogP contribution in [0.25, 0.3) is 0 Å². The van der Waals surface area contributed by atoms with Gasteiger partial charge in [0.15, 0.2) is 9.84 Å². The van der Waals surface area contributed by atoms with Crippen LogP contribution in [-0.2, 0) is 25.8 Å². The topological polar surface area (TPSA) is 83.6 Å². The number of benzene rings is 1. The van der Waals surface area contributed by atoms with Crippen LogP contribution >= 0.6 is 0 Å². The van der Waals surface area contributed by atoms with Crippen LogP contribution in [0, 0.1) is 5.92 Å². The van der Waals surface area contributed by atoms with Crippen molar-refractivity contribution in [2.75, 3.05) is 18.0 Å². The van der Waals surface area contributed by atoms with Crippen LogP contribution in [0.4, 0.5) is 5.69 Å². The molecule has 6 nitrogen and oxygen atoms in total. The van der Waals surface area contributed by atoms with Crippen LogP contribution in [-0.4, -0.2) is 38.6 Å². The van der Waals surface area contributed by atoms with Gasteiger partial charge in [-0.05, 0) is 49.4 Å². The van der Waals surface area contributed by atoms with Gasteiger partial charge in [0, 0.05) is 32.1 Å². The van der Waals surface area contributed by atoms with E-state index in [0.29, 0.717) is 25.4 Å². The van der Waals surface area contributed by atoms with Crippen molar-refractivity contribution in [3.8, 4) is 0 Å². The molecule has 26 heavy (non-hydrogen) atoms. The molecule has 0 aromatic heterocycles. The zero-order valence-electron chi connectivity index (χ0n) is 15.9. The number of rotatable bonds is 7. The number of carbonyl (C=O) groups excluding carboxylic acids is 2. The molecule has 2 rings (SSSR count). The number of anilines is 1. The molecule has 0 aliphatic carbocycles. The summed E-state index contributed by atoms with van der Waals surface area (Å²) in [5, 5.41) is 1.98. The van der Waals surface area contributed by atoms with Crippen molar-refractivity contribution in [3.63, 3.8) is 0 Å². The van der Waals surface area contributed by atoms with Crippen LogP contribution in [0.15, 0.2) is 23.1 Å². The average Bonchev–Trinajstić information content (AvgIpc) is 2.97. The molecule has 1 heterocycles. The van der Waals surface area contributed by atoms with Crippen molar-refractivity contribution >= 4 is 27.3 Å². The van der Waals surface area contributed by atoms with Gasteiger partial charge in [-0.2, -0.15) is 0 Å². The fraction of sp³-hybridized carbons (Fsp3) is 0.579. The molecule has 0 fully saturated rings. The van der Waals surface area contributed by atoms with E-state index < -0.39 is 15.1 Å². The summed E-state index contributed by atoms with van der Waals surface area (Å²) in [5.41, 5.74) is 1.63. The van der Waals surface area contributed by atoms with Crippen LogP contribution in [0.3, 0.4) is 0 Å². The Morgan fingerprint density at radius 2 is 1.92 bits per heavy atom. The molecular weight excluding hydrogens is 352 g/mol. The predicted molar refractivity (Wildman–Crippen MR) is 102 cm³/mol. The lowest BCUT2D eigenvalue weighted by Crippen LogP contribution is -2.31. The lowest BCUT2D eigenvalue weighted by molar-refractivity contribution is -0.121. The van der Waals surface area contributed by atoms with Crippen molar-refractivity contribution in [1.29, 1.82) is 0 Å². The summed E-state index contributed by atoms with van der Waals surface area (Å²) >= 11 is 0. The van der Waals surface area contributed by atoms with Crippen LogP contribution < -0.4 is 10.2 Å². The fourth-order valence-corrected chi connectivity index (χ4v) is 4.46. The molecule has 1 aliphatic rings. The van der Waals surface area contributed by atoms with Crippen molar-refractivity contribution < 1.29 is 18.0 Å². The van der Waals surface area contributed by atoms with Crippen molar-refractivity contribution in [1.82, 2.24) is 5.32 Å². The van der Waals surface area contributed by atoms with Gasteiger partial charge in [-0.15, -0.1) is 0 Å². The summed E-state index contributed by atoms with van der Waals surface area (Å²) in [5.74, 6) is 0.189. The number of hydrogen-bond donors (Lipinski definition) is 1. The van der Waals surface area contributed by atoms with Crippen molar-refractivity contribution in [3.05, 3.63) is 23.8 Å². The molecule has 0 radical (unpaired) electrons. The lowest BCUT2D eigenvalue weighted by Gasteiger charge is -2.16. The molecule has 0 bridgehead atoms. The zero-order valence-corrected chi connectivity index (χ0v) is 16.7. The highest BCUT2D eigenvalue weighted by molar-refractivity contribution is 7.92. The number of nitrogens with zero attached hydrogens (tertiary/aromatic N) is 1. The molecule has 0 unspecified atom stereocenters. The van der Waals surface area contributed by atoms with E-state index in [1.165, 1.54) is 13.0 Å². The second-order valence-corrected chi connectivity index (χ2v) is 9.67. The van der Waals surface area contributed by atoms with E-state index in [1.54, 1.807) is 24.0 Å². The van der Waals surface area contributed by atoms with Gasteiger partial charge in [-0.1, -0.05) is 13.8 Å². The maximum Gasteiger partial charge on any atom is 0.223 e. The second kappa shape index (κ2) is 8.20. The van der Waals surface area contributed by atoms with E-state index in [9.17, 15) is 18.0 Å². The molecule has 1 N–H and O–H groups in total. The minimum atomic E-state index is -3.60. The Kier molecular flexibility index (Phi) is 6.44. The van der Waals surface area contributed by atoms with E-state index in [1.807, 2.05) is 0 Å². The average molecular weight is 381 g/mol. The highest BCUT2D eigenvalue weighted by atomic mass is 32.2. The molecule has 7 heteroatoms. The van der Waals surface area contributed by atoms with Gasteiger partial charge in [0.2, 0.25) is 11.8 Å². The van der Waals surface area contributed by atoms with E-state index in [2.05, 4.69) is 19.2 Å². The van der Waals surface area contributed by atoms with E-state index in [0.717, 1.165) is 17.7 Å². The fourth-order valence-electron chi connectivity index (χ4n) is 3.06. The van der Waals surface area contributed by atoms with Gasteiger partial charge in [0.25, 0.3) is 0 Å². The van der Waals surface area contributed by atoms with E-state index in [-0.39, 0.29) is 23.1 Å². The quantitative estimate of drug-likeness (QED) is 0.787. The molecule has 144 valence electrons. The zero-order chi connectivity index (χ0) is 19.5. The summed E-state index contributed by atoms with van der Waals surface area (Å²) in [4.78, 5) is 25.5. The van der Waals surface area contributed by atoms with Gasteiger partial charge in [0.1, 0.15) is 0 Å². The minimum absolute atomic E-state index is 0.0502. The van der Waals surface area contributed by atoms with Crippen LogP contribution in [0.2, 0.25) is 0 Å². The largest absolute Gasteiger partial charge is 0.356 e. The third-order valence-corrected chi connectivity index (χ3v) is 6.84. The SMILES string of the molecule is CC(=O)N1CCc2cc(S(=O)(=O)[C@@H](C)CC(=O)NCCC(C)C)ccc21. The first kappa shape index (κ1) is 20.4. The summed E-state index contributed by atoms with van der Waals surface area (Å²) in [6, 6.07) is 4.86. The third kappa shape index (κ3) is 4.63. The monoisotopic (exact) mass is 380 g/mol. The highest BCUT2D eigenvalue weighted by Crippen LogP contribution is 2.31. The van der Waals surface area contributed by atoms with E-state index >= 15 is 0 Å². The first-order valence-corrected chi connectivity index (χ1v) is 10.6. The number of nitrogens with one attached hydrogen (secondary N) is 1. The summed E-state index contributed by atoms with van der Waals surface area (Å²) in [7, 11) is -3.60. The Balaban J connectivity index is 2.08. The standard InChI is InChI=1S/C19H28N2O4S/c1-13(2)7-9-20-19(23)11-14(3)26(24,25)17-5-6-18-16(12-17)8-10-21(18)15(4)22/h5-6,12-14H,7-11H2,1-4H3,(H,20,23)/t14-/m0/s1. The smallest absolute Gasteiger partial charge is 0.223 e. The Bertz CT molecular complexity index is 787. The number of fused-ring (bicyclic) bond motifs is 1. The van der Waals surface area contributed by atoms with Gasteiger partial charge in [0.05, 0.1) is 10.1 Å². The summed E-state index contributed by atoms with van der Waals surface area (Å²) in [6.45, 7) is 8.33. The molecule has 1 aromatic rings. The third-order valence-electron chi connectivity index (χ3n) is 4.70. The normalized spacial score (nSPS) is 15.0. The molecule has 1 aliphatic heterocycles. The molecule has 1 aromatic carbocycles.